The number of allylic oxidation sites excluding steroid dienone is 5. The molecule has 0 aromatic rings. The Hall–Kier alpha value is -1.79. The quantitative estimate of drug-likeness (QED) is 0.0221. The zero-order valence-corrected chi connectivity index (χ0v) is 40.9. The van der Waals surface area contributed by atoms with Crippen molar-refractivity contribution in [2.75, 3.05) is 19.8 Å². The van der Waals surface area contributed by atoms with E-state index in [4.69, 9.17) is 18.9 Å². The van der Waals surface area contributed by atoms with Crippen molar-refractivity contribution in [3.8, 4) is 0 Å². The highest BCUT2D eigenvalue weighted by Gasteiger charge is 2.51. The molecule has 14 heteroatoms. The summed E-state index contributed by atoms with van der Waals surface area (Å²) in [5.74, 6) is -0.254. The first kappa shape index (κ1) is 60.3. The molecule has 386 valence electrons. The molecule has 12 unspecified atom stereocenters. The minimum Gasteiger partial charge on any atom is -0.394 e. The summed E-state index contributed by atoms with van der Waals surface area (Å²) in [7, 11) is 0. The van der Waals surface area contributed by atoms with Gasteiger partial charge < -0.3 is 65.1 Å². The fraction of sp³-hybridized carbons (Fsp3) is 0.865. The van der Waals surface area contributed by atoms with E-state index in [1.165, 1.54) is 103 Å². The van der Waals surface area contributed by atoms with Gasteiger partial charge in [-0.05, 0) is 44.9 Å². The zero-order valence-electron chi connectivity index (χ0n) is 40.9. The summed E-state index contributed by atoms with van der Waals surface area (Å²) in [6.07, 6.45) is 27.5. The Morgan fingerprint density at radius 2 is 1.02 bits per heavy atom. The van der Waals surface area contributed by atoms with Crippen LogP contribution in [0.5, 0.6) is 0 Å². The van der Waals surface area contributed by atoms with Gasteiger partial charge in [0.1, 0.15) is 48.8 Å². The fourth-order valence-electron chi connectivity index (χ4n) is 8.48. The molecule has 0 radical (unpaired) electrons. The number of carbonyl (C=O) groups is 1. The van der Waals surface area contributed by atoms with Crippen LogP contribution in [-0.4, -0.2) is 140 Å². The summed E-state index contributed by atoms with van der Waals surface area (Å²) in [6, 6.07) is -0.920. The van der Waals surface area contributed by atoms with Gasteiger partial charge in [0.15, 0.2) is 12.6 Å². The van der Waals surface area contributed by atoms with Crippen LogP contribution in [0.1, 0.15) is 194 Å². The second kappa shape index (κ2) is 39.0. The summed E-state index contributed by atoms with van der Waals surface area (Å²) in [5.41, 5.74) is 0. The smallest absolute Gasteiger partial charge is 0.220 e. The maximum absolute atomic E-state index is 13.2. The summed E-state index contributed by atoms with van der Waals surface area (Å²) < 4.78 is 22.7. The lowest BCUT2D eigenvalue weighted by atomic mass is 9.97. The molecule has 66 heavy (non-hydrogen) atoms. The first-order valence-corrected chi connectivity index (χ1v) is 26.2. The highest BCUT2D eigenvalue weighted by molar-refractivity contribution is 5.76. The highest BCUT2D eigenvalue weighted by Crippen LogP contribution is 2.30. The third kappa shape index (κ3) is 25.7. The predicted octanol–water partition coefficient (Wildman–Crippen LogP) is 7.10. The molecule has 2 rings (SSSR count). The van der Waals surface area contributed by atoms with E-state index in [1.54, 1.807) is 6.08 Å². The number of carbonyl (C=O) groups excluding carboxylic acids is 1. The molecule has 0 aliphatic carbocycles. The molecule has 2 fully saturated rings. The van der Waals surface area contributed by atoms with Crippen LogP contribution in [0.25, 0.3) is 0 Å². The zero-order chi connectivity index (χ0) is 48.2. The number of ether oxygens (including phenoxy) is 4. The molecule has 12 atom stereocenters. The molecule has 2 aliphatic heterocycles. The van der Waals surface area contributed by atoms with Crippen molar-refractivity contribution in [1.29, 1.82) is 0 Å². The Bertz CT molecular complexity index is 1250. The van der Waals surface area contributed by atoms with Crippen LogP contribution in [0.4, 0.5) is 0 Å². The number of hydrogen-bond acceptors (Lipinski definition) is 13. The van der Waals surface area contributed by atoms with Gasteiger partial charge in [-0.3, -0.25) is 4.79 Å². The Labute approximate surface area is 398 Å². The number of hydrogen-bond donors (Lipinski definition) is 9. The second-order valence-electron chi connectivity index (χ2n) is 18.6. The van der Waals surface area contributed by atoms with E-state index in [1.807, 2.05) is 6.08 Å². The van der Waals surface area contributed by atoms with Crippen LogP contribution >= 0.6 is 0 Å². The van der Waals surface area contributed by atoms with E-state index in [9.17, 15) is 45.6 Å². The van der Waals surface area contributed by atoms with Crippen LogP contribution in [-0.2, 0) is 23.7 Å². The monoisotopic (exact) mass is 942 g/mol. The van der Waals surface area contributed by atoms with Crippen molar-refractivity contribution in [3.05, 3.63) is 36.5 Å². The van der Waals surface area contributed by atoms with Gasteiger partial charge in [0.2, 0.25) is 5.91 Å². The molecule has 0 aromatic carbocycles. The standard InChI is InChI=1S/C52H95NO13/c1-3-5-7-9-11-13-15-17-19-20-21-22-23-25-27-29-31-33-35-41(56)40(53-44(57)36-34-32-30-28-26-24-18-16-14-12-10-8-6-4-2)39-63-51-49(62)47(60)50(43(38-55)65-51)66-52-48(61)46(59)45(58)42(37-54)64-52/h10,12,16,18,33,35,40-43,45-52,54-56,58-62H,3-9,11,13-15,17,19-32,34,36-39H2,1-2H3,(H,53,57)/b12-10-,18-16-,35-33+. The minimum absolute atomic E-state index is 0.254. The predicted molar refractivity (Wildman–Crippen MR) is 258 cm³/mol. The van der Waals surface area contributed by atoms with E-state index in [2.05, 4.69) is 43.5 Å². The lowest BCUT2D eigenvalue weighted by Crippen LogP contribution is -2.65. The van der Waals surface area contributed by atoms with Crippen molar-refractivity contribution < 1.29 is 64.6 Å². The number of nitrogens with one attached hydrogen (secondary N) is 1. The second-order valence-corrected chi connectivity index (χ2v) is 18.6. The van der Waals surface area contributed by atoms with Crippen LogP contribution in [0.2, 0.25) is 0 Å². The molecule has 2 saturated heterocycles. The first-order chi connectivity index (χ1) is 32.1. The van der Waals surface area contributed by atoms with Gasteiger partial charge in [-0.15, -0.1) is 0 Å². The van der Waals surface area contributed by atoms with E-state index in [0.29, 0.717) is 6.42 Å². The maximum atomic E-state index is 13.2. The molecular formula is C52H95NO13. The van der Waals surface area contributed by atoms with Crippen LogP contribution < -0.4 is 5.32 Å². The molecule has 0 bridgehead atoms. The highest BCUT2D eigenvalue weighted by atomic mass is 16.7. The number of aliphatic hydroxyl groups is 8. The van der Waals surface area contributed by atoms with Crippen molar-refractivity contribution >= 4 is 5.91 Å². The van der Waals surface area contributed by atoms with E-state index in [0.717, 1.165) is 64.2 Å². The van der Waals surface area contributed by atoms with Crippen molar-refractivity contribution in [2.45, 2.75) is 267 Å². The largest absolute Gasteiger partial charge is 0.394 e. The molecule has 2 aliphatic rings. The summed E-state index contributed by atoms with van der Waals surface area (Å²) in [5, 5.41) is 86.8. The van der Waals surface area contributed by atoms with Crippen LogP contribution in [0.3, 0.4) is 0 Å². The van der Waals surface area contributed by atoms with Gasteiger partial charge in [-0.1, -0.05) is 179 Å². The van der Waals surface area contributed by atoms with Crippen molar-refractivity contribution in [3.63, 3.8) is 0 Å². The molecule has 0 aromatic heterocycles. The number of aliphatic hydroxyl groups excluding tert-OH is 8. The van der Waals surface area contributed by atoms with E-state index >= 15 is 0 Å². The molecule has 0 spiro atoms. The van der Waals surface area contributed by atoms with Crippen LogP contribution in [0.15, 0.2) is 36.5 Å². The molecule has 1 amide bonds. The summed E-state index contributed by atoms with van der Waals surface area (Å²) >= 11 is 0. The average molecular weight is 942 g/mol. The van der Waals surface area contributed by atoms with Gasteiger partial charge in [0.25, 0.3) is 0 Å². The Morgan fingerprint density at radius 3 is 1.56 bits per heavy atom. The van der Waals surface area contributed by atoms with Crippen molar-refractivity contribution in [2.24, 2.45) is 0 Å². The van der Waals surface area contributed by atoms with Gasteiger partial charge in [-0.25, -0.2) is 0 Å². The molecule has 9 N–H and O–H groups in total. The minimum atomic E-state index is -1.79. The Balaban J connectivity index is 1.85. The maximum Gasteiger partial charge on any atom is 0.220 e. The number of amides is 1. The molecular weight excluding hydrogens is 847 g/mol. The lowest BCUT2D eigenvalue weighted by Gasteiger charge is -2.46. The fourth-order valence-corrected chi connectivity index (χ4v) is 8.48. The molecule has 2 heterocycles. The normalized spacial score (nSPS) is 27.1. The number of rotatable bonds is 40. The van der Waals surface area contributed by atoms with E-state index in [-0.39, 0.29) is 18.9 Å². The first-order valence-electron chi connectivity index (χ1n) is 26.2. The Morgan fingerprint density at radius 1 is 0.545 bits per heavy atom. The van der Waals surface area contributed by atoms with Crippen molar-refractivity contribution in [1.82, 2.24) is 5.32 Å². The summed E-state index contributed by atoms with van der Waals surface area (Å²) in [4.78, 5) is 13.2. The van der Waals surface area contributed by atoms with E-state index < -0.39 is 86.8 Å². The van der Waals surface area contributed by atoms with Gasteiger partial charge in [0.05, 0.1) is 32.0 Å². The third-order valence-electron chi connectivity index (χ3n) is 12.8. The number of unbranched alkanes of at least 4 members (excludes halogenated alkanes) is 23. The van der Waals surface area contributed by atoms with Crippen LogP contribution in [0, 0.1) is 0 Å². The SMILES string of the molecule is CCCC/C=C\C/C=C\CCCCCCCC(=O)NC(COC1OC(CO)C(OC2OC(CO)C(O)C(O)C2O)C(O)C1O)C(O)/C=C/CCCCCCCCCCCCCCCCCC. The average Bonchev–Trinajstić information content (AvgIpc) is 3.31. The van der Waals surface area contributed by atoms with Gasteiger partial charge in [0, 0.05) is 6.42 Å². The van der Waals surface area contributed by atoms with Gasteiger partial charge >= 0.3 is 0 Å². The topological polar surface area (TPSA) is 228 Å². The third-order valence-corrected chi connectivity index (χ3v) is 12.8. The molecule has 0 saturated carbocycles. The summed E-state index contributed by atoms with van der Waals surface area (Å²) in [6.45, 7) is 2.73. The van der Waals surface area contributed by atoms with Gasteiger partial charge in [-0.2, -0.15) is 0 Å². The Kier molecular flexibility index (Phi) is 35.6. The molecule has 14 nitrogen and oxygen atoms in total. The lowest BCUT2D eigenvalue weighted by molar-refractivity contribution is -0.359.